The minimum Gasteiger partial charge on any atom is -0.496 e. The molecule has 0 radical (unpaired) electrons. The lowest BCUT2D eigenvalue weighted by Crippen LogP contribution is -2.31. The van der Waals surface area contributed by atoms with Gasteiger partial charge < -0.3 is 15.2 Å². The van der Waals surface area contributed by atoms with Crippen LogP contribution in [0.15, 0.2) is 42.5 Å². The van der Waals surface area contributed by atoms with Crippen LogP contribution in [0, 0.1) is 13.8 Å². The van der Waals surface area contributed by atoms with Gasteiger partial charge >= 0.3 is 0 Å². The van der Waals surface area contributed by atoms with Crippen LogP contribution in [0.25, 0.3) is 0 Å². The maximum atomic E-state index is 10.5. The Labute approximate surface area is 157 Å². The summed E-state index contributed by atoms with van der Waals surface area (Å²) in [4.78, 5) is 0. The highest BCUT2D eigenvalue weighted by Crippen LogP contribution is 2.26. The molecular formula is C21H30ClNO2. The fourth-order valence-corrected chi connectivity index (χ4v) is 2.94. The molecule has 0 bridgehead atoms. The monoisotopic (exact) mass is 363 g/mol. The number of hydrogen-bond donors (Lipinski definition) is 2. The van der Waals surface area contributed by atoms with E-state index in [0.717, 1.165) is 35.3 Å². The third-order valence-electron chi connectivity index (χ3n) is 4.51. The van der Waals surface area contributed by atoms with Gasteiger partial charge in [0.05, 0.1) is 13.2 Å². The summed E-state index contributed by atoms with van der Waals surface area (Å²) in [6.45, 7) is 6.74. The van der Waals surface area contributed by atoms with E-state index in [1.165, 1.54) is 5.56 Å². The van der Waals surface area contributed by atoms with E-state index >= 15 is 0 Å². The molecule has 2 atom stereocenters. The normalized spacial score (nSPS) is 13.0. The van der Waals surface area contributed by atoms with Crippen LogP contribution in [0.2, 0.25) is 0 Å². The highest BCUT2D eigenvalue weighted by molar-refractivity contribution is 5.85. The topological polar surface area (TPSA) is 41.5 Å². The minimum absolute atomic E-state index is 0. The molecule has 2 N–H and O–H groups in total. The van der Waals surface area contributed by atoms with Gasteiger partial charge in [-0.1, -0.05) is 30.3 Å². The van der Waals surface area contributed by atoms with Crippen LogP contribution in [0.3, 0.4) is 0 Å². The Bertz CT molecular complexity index is 646. The highest BCUT2D eigenvalue weighted by Gasteiger charge is 2.14. The molecule has 2 unspecified atom stereocenters. The van der Waals surface area contributed by atoms with Gasteiger partial charge in [-0.15, -0.1) is 12.4 Å². The molecule has 0 spiro atoms. The molecule has 0 aromatic heterocycles. The molecule has 0 aliphatic heterocycles. The second kappa shape index (κ2) is 10.4. The Morgan fingerprint density at radius 3 is 2.40 bits per heavy atom. The predicted molar refractivity (Wildman–Crippen MR) is 107 cm³/mol. The number of nitrogens with one attached hydrogen (secondary N) is 1. The summed E-state index contributed by atoms with van der Waals surface area (Å²) in [6, 6.07) is 14.9. The minimum atomic E-state index is -0.506. The van der Waals surface area contributed by atoms with E-state index in [4.69, 9.17) is 4.74 Å². The van der Waals surface area contributed by atoms with Crippen molar-refractivity contribution in [3.05, 3.63) is 64.7 Å². The maximum absolute atomic E-state index is 10.5. The van der Waals surface area contributed by atoms with Crippen molar-refractivity contribution < 1.29 is 9.84 Å². The number of rotatable bonds is 8. The van der Waals surface area contributed by atoms with Crippen LogP contribution in [-0.4, -0.2) is 24.8 Å². The number of aliphatic hydroxyl groups excluding tert-OH is 1. The van der Waals surface area contributed by atoms with Crippen molar-refractivity contribution in [3.8, 4) is 5.75 Å². The zero-order valence-electron chi connectivity index (χ0n) is 15.6. The Kier molecular flexibility index (Phi) is 8.98. The van der Waals surface area contributed by atoms with E-state index in [0.29, 0.717) is 12.6 Å². The van der Waals surface area contributed by atoms with E-state index in [2.05, 4.69) is 36.5 Å². The van der Waals surface area contributed by atoms with E-state index in [9.17, 15) is 5.11 Å². The lowest BCUT2D eigenvalue weighted by atomic mass is 9.99. The molecule has 0 aliphatic rings. The number of aliphatic hydroxyl groups is 1. The van der Waals surface area contributed by atoms with Gasteiger partial charge in [-0.2, -0.15) is 0 Å². The molecule has 0 aliphatic carbocycles. The summed E-state index contributed by atoms with van der Waals surface area (Å²) in [5, 5.41) is 14.0. The fourth-order valence-electron chi connectivity index (χ4n) is 2.94. The van der Waals surface area contributed by atoms with E-state index in [-0.39, 0.29) is 12.4 Å². The Morgan fingerprint density at radius 1 is 1.08 bits per heavy atom. The number of ether oxygens (including phenoxy) is 1. The molecule has 2 aromatic carbocycles. The second-order valence-corrected chi connectivity index (χ2v) is 6.53. The average Bonchev–Trinajstić information content (AvgIpc) is 2.60. The van der Waals surface area contributed by atoms with E-state index in [1.54, 1.807) is 7.11 Å². The molecule has 0 saturated heterocycles. The van der Waals surface area contributed by atoms with Crippen molar-refractivity contribution in [1.29, 1.82) is 0 Å². The Hall–Kier alpha value is -1.55. The van der Waals surface area contributed by atoms with E-state index in [1.807, 2.05) is 32.0 Å². The van der Waals surface area contributed by atoms with Gasteiger partial charge in [-0.25, -0.2) is 0 Å². The van der Waals surface area contributed by atoms with Gasteiger partial charge in [-0.3, -0.25) is 0 Å². The molecule has 0 fully saturated rings. The summed E-state index contributed by atoms with van der Waals surface area (Å²) >= 11 is 0. The van der Waals surface area contributed by atoms with Crippen molar-refractivity contribution in [1.82, 2.24) is 5.32 Å². The first-order valence-corrected chi connectivity index (χ1v) is 8.61. The zero-order chi connectivity index (χ0) is 17.5. The largest absolute Gasteiger partial charge is 0.496 e. The molecule has 0 amide bonds. The van der Waals surface area contributed by atoms with Crippen LogP contribution < -0.4 is 10.1 Å². The van der Waals surface area contributed by atoms with Crippen molar-refractivity contribution >= 4 is 12.4 Å². The fraction of sp³-hybridized carbons (Fsp3) is 0.429. The zero-order valence-corrected chi connectivity index (χ0v) is 16.4. The Morgan fingerprint density at radius 2 is 1.76 bits per heavy atom. The van der Waals surface area contributed by atoms with Crippen molar-refractivity contribution in [2.45, 2.75) is 45.8 Å². The van der Waals surface area contributed by atoms with Crippen LogP contribution in [0.5, 0.6) is 5.75 Å². The summed E-state index contributed by atoms with van der Waals surface area (Å²) in [7, 11) is 1.67. The van der Waals surface area contributed by atoms with E-state index < -0.39 is 6.10 Å². The van der Waals surface area contributed by atoms with Crippen LogP contribution in [0.4, 0.5) is 0 Å². The predicted octanol–water partition coefficient (Wildman–Crippen LogP) is 4.38. The summed E-state index contributed by atoms with van der Waals surface area (Å²) < 4.78 is 5.34. The lowest BCUT2D eigenvalue weighted by Gasteiger charge is -2.20. The standard InChI is InChI=1S/C21H29NO2.ClH/c1-15-13-21(24-4)16(2)12-19(15)20(23)14-22-17(3)10-11-18-8-6-5-7-9-18;/h5-9,12-13,17,20,22-23H,10-11,14H2,1-4H3;1H. The van der Waals surface area contributed by atoms with Gasteiger partial charge in [0.2, 0.25) is 0 Å². The molecule has 2 rings (SSSR count). The van der Waals surface area contributed by atoms with Gasteiger partial charge in [0.25, 0.3) is 0 Å². The van der Waals surface area contributed by atoms with Crippen LogP contribution >= 0.6 is 12.4 Å². The van der Waals surface area contributed by atoms with Gasteiger partial charge in [0.15, 0.2) is 0 Å². The number of methoxy groups -OCH3 is 1. The third kappa shape index (κ3) is 6.35. The quantitative estimate of drug-likeness (QED) is 0.731. The molecular weight excluding hydrogens is 334 g/mol. The van der Waals surface area contributed by atoms with Gasteiger partial charge in [0.1, 0.15) is 5.75 Å². The number of benzene rings is 2. The molecule has 0 heterocycles. The molecule has 25 heavy (non-hydrogen) atoms. The molecule has 4 heteroatoms. The van der Waals surface area contributed by atoms with Crippen molar-refractivity contribution in [2.24, 2.45) is 0 Å². The summed E-state index contributed by atoms with van der Waals surface area (Å²) in [5.41, 5.74) is 4.43. The first-order chi connectivity index (χ1) is 11.5. The second-order valence-electron chi connectivity index (χ2n) is 6.53. The SMILES string of the molecule is COc1cc(C)c(C(O)CNC(C)CCc2ccccc2)cc1C.Cl. The first kappa shape index (κ1) is 21.5. The van der Waals surface area contributed by atoms with Crippen LogP contribution in [-0.2, 0) is 6.42 Å². The number of hydrogen-bond acceptors (Lipinski definition) is 3. The number of halogens is 1. The van der Waals surface area contributed by atoms with Crippen LogP contribution in [0.1, 0.15) is 41.7 Å². The highest BCUT2D eigenvalue weighted by atomic mass is 35.5. The lowest BCUT2D eigenvalue weighted by molar-refractivity contribution is 0.169. The number of aryl methyl sites for hydroxylation is 3. The van der Waals surface area contributed by atoms with Gasteiger partial charge in [-0.05, 0) is 68.0 Å². The van der Waals surface area contributed by atoms with Gasteiger partial charge in [0, 0.05) is 12.6 Å². The third-order valence-corrected chi connectivity index (χ3v) is 4.51. The maximum Gasteiger partial charge on any atom is 0.122 e. The smallest absolute Gasteiger partial charge is 0.122 e. The van der Waals surface area contributed by atoms with Crippen molar-refractivity contribution in [2.75, 3.05) is 13.7 Å². The molecule has 138 valence electrons. The Balaban J connectivity index is 0.00000312. The van der Waals surface area contributed by atoms with Crippen molar-refractivity contribution in [3.63, 3.8) is 0 Å². The average molecular weight is 364 g/mol. The molecule has 2 aromatic rings. The summed E-state index contributed by atoms with van der Waals surface area (Å²) in [5.74, 6) is 0.868. The first-order valence-electron chi connectivity index (χ1n) is 8.61. The molecule has 0 saturated carbocycles. The summed E-state index contributed by atoms with van der Waals surface area (Å²) in [6.07, 6.45) is 1.59. The molecule has 3 nitrogen and oxygen atoms in total.